The van der Waals surface area contributed by atoms with Crippen LogP contribution in [0.3, 0.4) is 0 Å². The lowest BCUT2D eigenvalue weighted by molar-refractivity contribution is 0.297. The minimum absolute atomic E-state index is 0.657. The molecule has 1 aliphatic heterocycles. The van der Waals surface area contributed by atoms with Gasteiger partial charge in [-0.15, -0.1) is 10.2 Å². The largest absolute Gasteiger partial charge is 0.490 e. The van der Waals surface area contributed by atoms with E-state index in [0.717, 1.165) is 23.5 Å². The Morgan fingerprint density at radius 2 is 2.00 bits per heavy atom. The molecule has 0 atom stereocenters. The van der Waals surface area contributed by atoms with Gasteiger partial charge in [-0.2, -0.15) is 5.10 Å². The molecule has 0 unspecified atom stereocenters. The van der Waals surface area contributed by atoms with Gasteiger partial charge in [0, 0.05) is 12.0 Å². The first kappa shape index (κ1) is 10.8. The summed E-state index contributed by atoms with van der Waals surface area (Å²) < 4.78 is 12.8. The highest BCUT2D eigenvalue weighted by Gasteiger charge is 2.12. The number of aromatic nitrogens is 3. The normalized spacial score (nSPS) is 14.7. The molecule has 0 N–H and O–H groups in total. The molecular formula is C12H12N4O2. The van der Waals surface area contributed by atoms with Gasteiger partial charge in [-0.1, -0.05) is 6.07 Å². The van der Waals surface area contributed by atoms with Gasteiger partial charge in [-0.25, -0.2) is 4.68 Å². The van der Waals surface area contributed by atoms with Crippen LogP contribution in [0.1, 0.15) is 12.0 Å². The maximum Gasteiger partial charge on any atom is 0.169 e. The number of ether oxygens (including phenoxy) is 2. The van der Waals surface area contributed by atoms with Crippen molar-refractivity contribution >= 4 is 6.21 Å². The third kappa shape index (κ3) is 2.17. The van der Waals surface area contributed by atoms with E-state index in [9.17, 15) is 0 Å². The van der Waals surface area contributed by atoms with Crippen LogP contribution in [0.15, 0.2) is 36.0 Å². The third-order valence-electron chi connectivity index (χ3n) is 2.54. The van der Waals surface area contributed by atoms with Gasteiger partial charge in [0.15, 0.2) is 11.5 Å². The highest BCUT2D eigenvalue weighted by Crippen LogP contribution is 2.32. The lowest BCUT2D eigenvalue weighted by Crippen LogP contribution is -1.98. The van der Waals surface area contributed by atoms with Gasteiger partial charge in [-0.3, -0.25) is 0 Å². The second-order valence-corrected chi connectivity index (χ2v) is 3.81. The average molecular weight is 244 g/mol. The number of benzene rings is 1. The number of hydrogen-bond acceptors (Lipinski definition) is 5. The first-order valence-corrected chi connectivity index (χ1v) is 5.71. The van der Waals surface area contributed by atoms with Gasteiger partial charge in [0.05, 0.1) is 19.4 Å². The summed E-state index contributed by atoms with van der Waals surface area (Å²) in [6, 6.07) is 5.75. The van der Waals surface area contributed by atoms with Gasteiger partial charge in [0.25, 0.3) is 0 Å². The van der Waals surface area contributed by atoms with Crippen LogP contribution in [-0.2, 0) is 0 Å². The lowest BCUT2D eigenvalue weighted by atomic mass is 10.2. The van der Waals surface area contributed by atoms with E-state index >= 15 is 0 Å². The van der Waals surface area contributed by atoms with Crippen molar-refractivity contribution < 1.29 is 9.47 Å². The lowest BCUT2D eigenvalue weighted by Gasteiger charge is -2.09. The standard InChI is InChI=1S/C12H12N4O2/c1-3-10(7-15-16-8-13-14-9-16)12-11(4-1)17-5-2-6-18-12/h1,3-4,7-9H,2,5-6H2/b15-7+. The molecule has 18 heavy (non-hydrogen) atoms. The number of nitrogens with zero attached hydrogens (tertiary/aromatic N) is 4. The van der Waals surface area contributed by atoms with Crippen molar-refractivity contribution in [2.75, 3.05) is 13.2 Å². The Hall–Kier alpha value is -2.37. The second-order valence-electron chi connectivity index (χ2n) is 3.81. The van der Waals surface area contributed by atoms with E-state index < -0.39 is 0 Å². The Bertz CT molecular complexity index is 551. The maximum absolute atomic E-state index is 5.69. The van der Waals surface area contributed by atoms with Crippen molar-refractivity contribution in [1.82, 2.24) is 14.9 Å². The second kappa shape index (κ2) is 4.87. The fourth-order valence-electron chi connectivity index (χ4n) is 1.70. The molecule has 6 heteroatoms. The molecule has 0 saturated carbocycles. The Balaban J connectivity index is 1.92. The minimum atomic E-state index is 0.657. The molecule has 1 aromatic carbocycles. The molecule has 1 aromatic heterocycles. The van der Waals surface area contributed by atoms with E-state index in [0.29, 0.717) is 13.2 Å². The van der Waals surface area contributed by atoms with Gasteiger partial charge >= 0.3 is 0 Å². The Labute approximate surface area is 104 Å². The van der Waals surface area contributed by atoms with E-state index in [-0.39, 0.29) is 0 Å². The molecule has 2 heterocycles. The minimum Gasteiger partial charge on any atom is -0.490 e. The van der Waals surface area contributed by atoms with Gasteiger partial charge < -0.3 is 9.47 Å². The molecule has 2 aromatic rings. The molecule has 3 rings (SSSR count). The molecular weight excluding hydrogens is 232 g/mol. The summed E-state index contributed by atoms with van der Waals surface area (Å²) in [5.41, 5.74) is 0.878. The Morgan fingerprint density at radius 1 is 1.17 bits per heavy atom. The monoisotopic (exact) mass is 244 g/mol. The van der Waals surface area contributed by atoms with Crippen LogP contribution in [0.25, 0.3) is 0 Å². The molecule has 0 aliphatic carbocycles. The quantitative estimate of drug-likeness (QED) is 0.747. The van der Waals surface area contributed by atoms with Gasteiger partial charge in [0.1, 0.15) is 12.7 Å². The summed E-state index contributed by atoms with van der Waals surface area (Å²) in [6.45, 7) is 1.34. The molecule has 6 nitrogen and oxygen atoms in total. The average Bonchev–Trinajstić information content (AvgIpc) is 2.79. The molecule has 0 fully saturated rings. The summed E-state index contributed by atoms with van der Waals surface area (Å²) in [7, 11) is 0. The maximum atomic E-state index is 5.69. The highest BCUT2D eigenvalue weighted by molar-refractivity contribution is 5.85. The summed E-state index contributed by atoms with van der Waals surface area (Å²) >= 11 is 0. The molecule has 92 valence electrons. The molecule has 0 spiro atoms. The Kier molecular flexibility index (Phi) is 2.91. The fourth-order valence-corrected chi connectivity index (χ4v) is 1.70. The zero-order chi connectivity index (χ0) is 12.2. The van der Waals surface area contributed by atoms with E-state index in [2.05, 4.69) is 15.3 Å². The predicted molar refractivity (Wildman–Crippen MR) is 65.1 cm³/mol. The van der Waals surface area contributed by atoms with Crippen LogP contribution in [0, 0.1) is 0 Å². The molecule has 0 bridgehead atoms. The number of para-hydroxylation sites is 1. The van der Waals surface area contributed by atoms with Crippen LogP contribution >= 0.6 is 0 Å². The van der Waals surface area contributed by atoms with Crippen LogP contribution in [0.4, 0.5) is 0 Å². The summed E-state index contributed by atoms with van der Waals surface area (Å²) in [5, 5.41) is 11.6. The molecule has 0 saturated heterocycles. The first-order valence-electron chi connectivity index (χ1n) is 5.71. The van der Waals surface area contributed by atoms with Crippen molar-refractivity contribution in [3.05, 3.63) is 36.4 Å². The van der Waals surface area contributed by atoms with Crippen LogP contribution in [0.2, 0.25) is 0 Å². The summed E-state index contributed by atoms with van der Waals surface area (Å²) in [6.07, 6.45) is 5.64. The zero-order valence-electron chi connectivity index (χ0n) is 9.69. The Morgan fingerprint density at radius 3 is 2.89 bits per heavy atom. The fraction of sp³-hybridized carbons (Fsp3) is 0.250. The van der Waals surface area contributed by atoms with E-state index in [1.54, 1.807) is 6.21 Å². The molecule has 1 aliphatic rings. The van der Waals surface area contributed by atoms with Crippen molar-refractivity contribution in [3.8, 4) is 11.5 Å². The summed E-state index contributed by atoms with van der Waals surface area (Å²) in [5.74, 6) is 1.51. The number of hydrogen-bond donors (Lipinski definition) is 0. The SMILES string of the molecule is C(=N\n1cnnc1)/c1cccc2c1OCCCO2. The van der Waals surface area contributed by atoms with Crippen LogP contribution in [-0.4, -0.2) is 34.3 Å². The van der Waals surface area contributed by atoms with Crippen LogP contribution < -0.4 is 9.47 Å². The first-order chi connectivity index (χ1) is 8.93. The van der Waals surface area contributed by atoms with E-state index in [4.69, 9.17) is 9.47 Å². The van der Waals surface area contributed by atoms with Gasteiger partial charge in [0.2, 0.25) is 0 Å². The highest BCUT2D eigenvalue weighted by atomic mass is 16.5. The summed E-state index contributed by atoms with van der Waals surface area (Å²) in [4.78, 5) is 0. The zero-order valence-corrected chi connectivity index (χ0v) is 9.69. The van der Waals surface area contributed by atoms with Crippen molar-refractivity contribution in [2.24, 2.45) is 5.10 Å². The van der Waals surface area contributed by atoms with Crippen LogP contribution in [0.5, 0.6) is 11.5 Å². The number of fused-ring (bicyclic) bond motifs is 1. The number of rotatable bonds is 2. The van der Waals surface area contributed by atoms with Crippen molar-refractivity contribution in [2.45, 2.75) is 6.42 Å². The molecule has 0 amide bonds. The van der Waals surface area contributed by atoms with E-state index in [1.165, 1.54) is 17.3 Å². The van der Waals surface area contributed by atoms with Crippen molar-refractivity contribution in [1.29, 1.82) is 0 Å². The van der Waals surface area contributed by atoms with Crippen molar-refractivity contribution in [3.63, 3.8) is 0 Å². The predicted octanol–water partition coefficient (Wildman–Crippen LogP) is 1.32. The topological polar surface area (TPSA) is 61.5 Å². The van der Waals surface area contributed by atoms with Gasteiger partial charge in [-0.05, 0) is 12.1 Å². The third-order valence-corrected chi connectivity index (χ3v) is 2.54. The smallest absolute Gasteiger partial charge is 0.169 e. The molecule has 0 radical (unpaired) electrons. The van der Waals surface area contributed by atoms with E-state index in [1.807, 2.05) is 18.2 Å².